The molecule has 0 spiro atoms. The maximum atomic E-state index is 11.3. The highest BCUT2D eigenvalue weighted by molar-refractivity contribution is 7.99. The lowest BCUT2D eigenvalue weighted by atomic mass is 9.98. The smallest absolute Gasteiger partial charge is 0.119 e. The molecule has 8 nitrogen and oxygen atoms in total. The number of aliphatic hydroxyl groups excluding tert-OH is 1. The molecule has 0 bridgehead atoms. The Balaban J connectivity index is 1.50. The van der Waals surface area contributed by atoms with Crippen LogP contribution in [0.25, 0.3) is 10.4 Å². The van der Waals surface area contributed by atoms with Crippen LogP contribution in [0.5, 0.6) is 5.75 Å². The Morgan fingerprint density at radius 1 is 0.973 bits per heavy atom. The fraction of sp³-hybridized carbons (Fsp3) is 0.357. The highest BCUT2D eigenvalue weighted by atomic mass is 32.2. The second-order valence-corrected chi connectivity index (χ2v) is 9.96. The predicted octanol–water partition coefficient (Wildman–Crippen LogP) is 5.66. The van der Waals surface area contributed by atoms with Gasteiger partial charge in [0.1, 0.15) is 29.4 Å². The van der Waals surface area contributed by atoms with E-state index in [1.807, 2.05) is 85.8 Å². The molecule has 37 heavy (non-hydrogen) atoms. The fourth-order valence-corrected chi connectivity index (χ4v) is 5.15. The average molecular weight is 522 g/mol. The molecule has 9 heteroatoms. The van der Waals surface area contributed by atoms with Crippen LogP contribution < -0.4 is 4.74 Å². The van der Waals surface area contributed by atoms with Crippen LogP contribution in [0, 0.1) is 6.92 Å². The molecule has 1 saturated heterocycles. The van der Waals surface area contributed by atoms with Gasteiger partial charge in [0.05, 0.1) is 33.0 Å². The second-order valence-electron chi connectivity index (χ2n) is 8.78. The van der Waals surface area contributed by atoms with Crippen LogP contribution in [-0.4, -0.2) is 48.6 Å². The van der Waals surface area contributed by atoms with E-state index in [0.29, 0.717) is 6.61 Å². The number of aryl methyl sites for hydroxylation is 1. The maximum Gasteiger partial charge on any atom is 0.119 e. The van der Waals surface area contributed by atoms with Crippen molar-refractivity contribution in [3.63, 3.8) is 0 Å². The molecule has 0 amide bonds. The van der Waals surface area contributed by atoms with Gasteiger partial charge in [0.25, 0.3) is 0 Å². The molecule has 0 unspecified atom stereocenters. The Hall–Kier alpha value is -3.04. The van der Waals surface area contributed by atoms with Crippen LogP contribution in [-0.2, 0) is 27.4 Å². The Bertz CT molecular complexity index is 1160. The van der Waals surface area contributed by atoms with Gasteiger partial charge in [0.2, 0.25) is 0 Å². The minimum absolute atomic E-state index is 0.145. The lowest BCUT2D eigenvalue weighted by Gasteiger charge is -2.42. The fourth-order valence-electron chi connectivity index (χ4n) is 4.05. The van der Waals surface area contributed by atoms with Crippen LogP contribution >= 0.6 is 11.8 Å². The van der Waals surface area contributed by atoms with Gasteiger partial charge in [0, 0.05) is 9.81 Å². The highest BCUT2D eigenvalue weighted by Gasteiger charge is 2.46. The maximum absolute atomic E-state index is 11.3. The van der Waals surface area contributed by atoms with Gasteiger partial charge in [-0.2, -0.15) is 0 Å². The number of azide groups is 1. The molecule has 0 aliphatic carbocycles. The normalized spacial score (nSPS) is 23.3. The van der Waals surface area contributed by atoms with Gasteiger partial charge in [-0.3, -0.25) is 0 Å². The molecule has 3 aromatic rings. The molecule has 3 aromatic carbocycles. The molecule has 1 fully saturated rings. The summed E-state index contributed by atoms with van der Waals surface area (Å²) in [5, 5.41) is 15.2. The van der Waals surface area contributed by atoms with E-state index in [2.05, 4.69) is 10.0 Å². The summed E-state index contributed by atoms with van der Waals surface area (Å²) in [6.45, 7) is 2.78. The van der Waals surface area contributed by atoms with Crippen LogP contribution in [0.1, 0.15) is 16.7 Å². The molecule has 5 atom stereocenters. The van der Waals surface area contributed by atoms with Crippen molar-refractivity contribution in [3.8, 4) is 5.75 Å². The lowest BCUT2D eigenvalue weighted by Crippen LogP contribution is -2.57. The zero-order valence-corrected chi connectivity index (χ0v) is 21.7. The quantitative estimate of drug-likeness (QED) is 0.198. The largest absolute Gasteiger partial charge is 0.497 e. The first kappa shape index (κ1) is 27.0. The number of ether oxygens (including phenoxy) is 4. The Morgan fingerprint density at radius 3 is 2.35 bits per heavy atom. The van der Waals surface area contributed by atoms with E-state index in [-0.39, 0.29) is 13.2 Å². The van der Waals surface area contributed by atoms with Gasteiger partial charge < -0.3 is 24.1 Å². The molecule has 1 aliphatic heterocycles. The number of rotatable bonds is 11. The van der Waals surface area contributed by atoms with Gasteiger partial charge in [0.15, 0.2) is 0 Å². The first-order valence-corrected chi connectivity index (χ1v) is 12.9. The van der Waals surface area contributed by atoms with Crippen molar-refractivity contribution < 1.29 is 24.1 Å². The monoisotopic (exact) mass is 521 g/mol. The summed E-state index contributed by atoms with van der Waals surface area (Å²) in [6, 6.07) is 24.6. The van der Waals surface area contributed by atoms with E-state index in [4.69, 9.17) is 18.9 Å². The van der Waals surface area contributed by atoms with Crippen molar-refractivity contribution in [2.45, 2.75) is 54.8 Å². The molecule has 1 aliphatic rings. The number of benzene rings is 3. The van der Waals surface area contributed by atoms with Crippen LogP contribution in [0.3, 0.4) is 0 Å². The van der Waals surface area contributed by atoms with Crippen molar-refractivity contribution in [2.75, 3.05) is 13.7 Å². The van der Waals surface area contributed by atoms with E-state index in [0.717, 1.165) is 27.3 Å². The summed E-state index contributed by atoms with van der Waals surface area (Å²) in [5.74, 6) is 0.772. The number of thioether (sulfide) groups is 1. The predicted molar refractivity (Wildman–Crippen MR) is 142 cm³/mol. The topological polar surface area (TPSA) is 106 Å². The Labute approximate surface area is 221 Å². The van der Waals surface area contributed by atoms with Crippen LogP contribution in [0.2, 0.25) is 0 Å². The molecular formula is C28H31N3O5S. The SMILES string of the molecule is COc1ccc(COC[C@H]2O[C@@H](Sc3ccc(C)cc3)[C@H](N=[N+]=[N-])[C@@H](OCc3ccccc3)[C@@H]2O)cc1. The minimum Gasteiger partial charge on any atom is -0.497 e. The summed E-state index contributed by atoms with van der Waals surface area (Å²) >= 11 is 1.44. The third kappa shape index (κ3) is 7.49. The summed E-state index contributed by atoms with van der Waals surface area (Å²) < 4.78 is 23.6. The molecular weight excluding hydrogens is 490 g/mol. The van der Waals surface area contributed by atoms with Crippen molar-refractivity contribution in [3.05, 3.63) is 106 Å². The van der Waals surface area contributed by atoms with Crippen molar-refractivity contribution >= 4 is 11.8 Å². The first-order chi connectivity index (χ1) is 18.1. The standard InChI is InChI=1S/C28H31N3O5S/c1-19-8-14-23(15-9-19)37-28-25(30-31-29)27(35-17-20-6-4-3-5-7-20)26(32)24(36-28)18-34-16-21-10-12-22(33-2)13-11-21/h3-15,24-28,32H,16-18H2,1-2H3/t24-,25-,26-,27-,28+/m1/s1. The minimum atomic E-state index is -1.05. The van der Waals surface area contributed by atoms with E-state index >= 15 is 0 Å². The van der Waals surface area contributed by atoms with Gasteiger partial charge >= 0.3 is 0 Å². The van der Waals surface area contributed by atoms with Gasteiger partial charge in [-0.05, 0) is 47.8 Å². The second kappa shape index (κ2) is 13.5. The zero-order valence-electron chi connectivity index (χ0n) is 20.8. The van der Waals surface area contributed by atoms with E-state index in [1.54, 1.807) is 7.11 Å². The van der Waals surface area contributed by atoms with Gasteiger partial charge in [-0.25, -0.2) is 0 Å². The molecule has 1 heterocycles. The van der Waals surface area contributed by atoms with Crippen LogP contribution in [0.4, 0.5) is 0 Å². The number of nitrogens with zero attached hydrogens (tertiary/aromatic N) is 3. The number of hydrogen-bond donors (Lipinski definition) is 1. The summed E-state index contributed by atoms with van der Waals surface area (Å²) in [5.41, 5.74) is 11.8. The Morgan fingerprint density at radius 2 is 1.68 bits per heavy atom. The van der Waals surface area contributed by atoms with Crippen molar-refractivity contribution in [1.29, 1.82) is 0 Å². The molecule has 4 rings (SSSR count). The molecule has 0 aromatic heterocycles. The first-order valence-electron chi connectivity index (χ1n) is 12.0. The van der Waals surface area contributed by atoms with Crippen LogP contribution in [0.15, 0.2) is 88.9 Å². The van der Waals surface area contributed by atoms with Gasteiger partial charge in [-0.15, -0.1) is 0 Å². The summed E-state index contributed by atoms with van der Waals surface area (Å²) in [7, 11) is 1.62. The third-order valence-corrected chi connectivity index (χ3v) is 7.26. The molecule has 0 radical (unpaired) electrons. The van der Waals surface area contributed by atoms with Crippen molar-refractivity contribution in [2.24, 2.45) is 5.11 Å². The Kier molecular flexibility index (Phi) is 9.85. The number of hydrogen-bond acceptors (Lipinski definition) is 7. The number of aliphatic hydroxyl groups is 1. The summed E-state index contributed by atoms with van der Waals surface area (Å²) in [6.07, 6.45) is -2.50. The zero-order chi connectivity index (χ0) is 26.0. The number of methoxy groups -OCH3 is 1. The van der Waals surface area contributed by atoms with E-state index < -0.39 is 29.8 Å². The van der Waals surface area contributed by atoms with E-state index in [1.165, 1.54) is 11.8 Å². The highest BCUT2D eigenvalue weighted by Crippen LogP contribution is 2.37. The average Bonchev–Trinajstić information content (AvgIpc) is 2.93. The van der Waals surface area contributed by atoms with Gasteiger partial charge in [-0.1, -0.05) is 77.0 Å². The third-order valence-electron chi connectivity index (χ3n) is 6.10. The van der Waals surface area contributed by atoms with Crippen molar-refractivity contribution in [1.82, 2.24) is 0 Å². The lowest BCUT2D eigenvalue weighted by molar-refractivity contribution is -0.190. The molecule has 0 saturated carbocycles. The molecule has 1 N–H and O–H groups in total. The molecule has 194 valence electrons. The summed E-state index contributed by atoms with van der Waals surface area (Å²) in [4.78, 5) is 4.01. The van der Waals surface area contributed by atoms with E-state index in [9.17, 15) is 10.6 Å².